The molecule has 0 atom stereocenters. The van der Waals surface area contributed by atoms with Crippen molar-refractivity contribution in [2.24, 2.45) is 5.92 Å². The molecule has 0 radical (unpaired) electrons. The second-order valence-electron chi connectivity index (χ2n) is 11.8. The standard InChI is InChI=1S/C38H46F4O3/c1-3-5-7-8-9-10-12-24-43-33-23-22-32(37(41)38(33)42)29-18-16-28(17-19-29)31-21-20-30(35(39)36(31)40)15-14-27-25-44-34(45-26-27)13-11-6-4-2/h14-23,27,34H,3-13,24-26H2,1-2H3/b15-14+. The second kappa shape index (κ2) is 18.1. The van der Waals surface area contributed by atoms with E-state index in [1.807, 2.05) is 0 Å². The minimum absolute atomic E-state index is 0.0435. The van der Waals surface area contributed by atoms with Crippen molar-refractivity contribution in [3.05, 3.63) is 83.4 Å². The molecule has 45 heavy (non-hydrogen) atoms. The van der Waals surface area contributed by atoms with Gasteiger partial charge in [0.15, 0.2) is 29.5 Å². The van der Waals surface area contributed by atoms with Crippen LogP contribution in [0.3, 0.4) is 0 Å². The zero-order chi connectivity index (χ0) is 32.0. The summed E-state index contributed by atoms with van der Waals surface area (Å²) in [5, 5.41) is 0. The third kappa shape index (κ3) is 9.91. The fourth-order valence-corrected chi connectivity index (χ4v) is 5.49. The lowest BCUT2D eigenvalue weighted by Crippen LogP contribution is -2.31. The zero-order valence-corrected chi connectivity index (χ0v) is 26.6. The number of unbranched alkanes of at least 4 members (excludes halogenated alkanes) is 8. The minimum atomic E-state index is -1.03. The van der Waals surface area contributed by atoms with E-state index in [4.69, 9.17) is 14.2 Å². The Labute approximate surface area is 265 Å². The molecule has 1 fully saturated rings. The summed E-state index contributed by atoms with van der Waals surface area (Å²) >= 11 is 0. The van der Waals surface area contributed by atoms with E-state index in [2.05, 4.69) is 13.8 Å². The Morgan fingerprint density at radius 3 is 1.84 bits per heavy atom. The van der Waals surface area contributed by atoms with Gasteiger partial charge < -0.3 is 14.2 Å². The summed E-state index contributed by atoms with van der Waals surface area (Å²) in [4.78, 5) is 0. The van der Waals surface area contributed by atoms with Crippen LogP contribution in [0.2, 0.25) is 0 Å². The summed E-state index contributed by atoms with van der Waals surface area (Å²) < 4.78 is 77.0. The Balaban J connectivity index is 1.34. The van der Waals surface area contributed by atoms with Crippen LogP contribution in [0.4, 0.5) is 17.6 Å². The molecule has 0 N–H and O–H groups in total. The molecule has 1 aliphatic heterocycles. The number of ether oxygens (including phenoxy) is 3. The van der Waals surface area contributed by atoms with Gasteiger partial charge in [0.2, 0.25) is 5.82 Å². The Morgan fingerprint density at radius 1 is 0.644 bits per heavy atom. The van der Waals surface area contributed by atoms with Gasteiger partial charge in [0.25, 0.3) is 0 Å². The summed E-state index contributed by atoms with van der Waals surface area (Å²) in [6.45, 7) is 5.60. The molecule has 0 amide bonds. The van der Waals surface area contributed by atoms with Crippen LogP contribution >= 0.6 is 0 Å². The molecule has 0 saturated carbocycles. The van der Waals surface area contributed by atoms with Crippen LogP contribution in [0.15, 0.2) is 54.6 Å². The zero-order valence-electron chi connectivity index (χ0n) is 26.6. The normalized spacial score (nSPS) is 16.8. The molecule has 0 unspecified atom stereocenters. The van der Waals surface area contributed by atoms with Crippen molar-refractivity contribution in [3.63, 3.8) is 0 Å². The summed E-state index contributed by atoms with van der Waals surface area (Å²) in [5.74, 6) is -4.12. The van der Waals surface area contributed by atoms with Crippen molar-refractivity contribution in [3.8, 4) is 28.0 Å². The second-order valence-corrected chi connectivity index (χ2v) is 11.8. The number of hydrogen-bond donors (Lipinski definition) is 0. The van der Waals surface area contributed by atoms with Gasteiger partial charge in [-0.25, -0.2) is 13.2 Å². The largest absolute Gasteiger partial charge is 0.490 e. The molecule has 3 aromatic carbocycles. The first-order chi connectivity index (χ1) is 21.9. The van der Waals surface area contributed by atoms with Gasteiger partial charge in [-0.3, -0.25) is 0 Å². The first-order valence-corrected chi connectivity index (χ1v) is 16.5. The molecule has 7 heteroatoms. The Hall–Kier alpha value is -3.16. The van der Waals surface area contributed by atoms with Crippen molar-refractivity contribution >= 4 is 6.08 Å². The van der Waals surface area contributed by atoms with Crippen LogP contribution in [0.5, 0.6) is 5.75 Å². The van der Waals surface area contributed by atoms with Gasteiger partial charge in [-0.2, -0.15) is 4.39 Å². The molecule has 1 heterocycles. The van der Waals surface area contributed by atoms with E-state index < -0.39 is 23.3 Å². The quantitative estimate of drug-likeness (QED) is 0.110. The molecule has 3 nitrogen and oxygen atoms in total. The molecule has 0 aliphatic carbocycles. The molecule has 3 aromatic rings. The highest BCUT2D eigenvalue weighted by molar-refractivity contribution is 5.72. The van der Waals surface area contributed by atoms with Gasteiger partial charge in [0.05, 0.1) is 19.8 Å². The first kappa shape index (κ1) is 34.7. The highest BCUT2D eigenvalue weighted by Gasteiger charge is 2.21. The van der Waals surface area contributed by atoms with Crippen molar-refractivity contribution in [1.82, 2.24) is 0 Å². The van der Waals surface area contributed by atoms with Crippen LogP contribution in [0, 0.1) is 29.2 Å². The van der Waals surface area contributed by atoms with Gasteiger partial charge in [-0.15, -0.1) is 0 Å². The van der Waals surface area contributed by atoms with E-state index in [1.165, 1.54) is 49.9 Å². The predicted octanol–water partition coefficient (Wildman–Crippen LogP) is 11.3. The molecule has 244 valence electrons. The smallest absolute Gasteiger partial charge is 0.201 e. The number of hydrogen-bond acceptors (Lipinski definition) is 3. The lowest BCUT2D eigenvalue weighted by molar-refractivity contribution is -0.195. The van der Waals surface area contributed by atoms with E-state index in [1.54, 1.807) is 36.4 Å². The van der Waals surface area contributed by atoms with Gasteiger partial charge in [-0.05, 0) is 42.5 Å². The molecular formula is C38H46F4O3. The van der Waals surface area contributed by atoms with Crippen molar-refractivity contribution in [1.29, 1.82) is 0 Å². The monoisotopic (exact) mass is 626 g/mol. The van der Waals surface area contributed by atoms with E-state index in [0.717, 1.165) is 44.9 Å². The fourth-order valence-electron chi connectivity index (χ4n) is 5.49. The summed E-state index contributed by atoms with van der Waals surface area (Å²) in [7, 11) is 0. The topological polar surface area (TPSA) is 27.7 Å². The molecule has 0 spiro atoms. The van der Waals surface area contributed by atoms with Crippen molar-refractivity contribution in [2.75, 3.05) is 19.8 Å². The maximum atomic E-state index is 15.1. The van der Waals surface area contributed by atoms with Crippen LogP contribution in [-0.4, -0.2) is 26.1 Å². The summed E-state index contributed by atoms with van der Waals surface area (Å²) in [6.07, 6.45) is 15.1. The summed E-state index contributed by atoms with van der Waals surface area (Å²) in [5.41, 5.74) is 1.11. The molecule has 0 bridgehead atoms. The third-order valence-electron chi connectivity index (χ3n) is 8.26. The molecule has 4 rings (SSSR count). The fraction of sp³-hybridized carbons (Fsp3) is 0.474. The Kier molecular flexibility index (Phi) is 14.0. The maximum absolute atomic E-state index is 15.1. The van der Waals surface area contributed by atoms with Crippen LogP contribution < -0.4 is 4.74 Å². The van der Waals surface area contributed by atoms with Crippen LogP contribution in [0.1, 0.15) is 90.0 Å². The summed E-state index contributed by atoms with van der Waals surface area (Å²) in [6, 6.07) is 12.2. The lowest BCUT2D eigenvalue weighted by atomic mass is 9.98. The van der Waals surface area contributed by atoms with Gasteiger partial charge in [0, 0.05) is 22.6 Å². The molecule has 1 saturated heterocycles. The molecular weight excluding hydrogens is 580 g/mol. The van der Waals surface area contributed by atoms with Crippen LogP contribution in [0.25, 0.3) is 28.3 Å². The molecule has 1 aliphatic rings. The number of benzene rings is 3. The number of halogens is 4. The van der Waals surface area contributed by atoms with Gasteiger partial charge >= 0.3 is 0 Å². The van der Waals surface area contributed by atoms with Gasteiger partial charge in [0.1, 0.15) is 0 Å². The van der Waals surface area contributed by atoms with Gasteiger partial charge in [-0.1, -0.05) is 114 Å². The Morgan fingerprint density at radius 2 is 1.20 bits per heavy atom. The van der Waals surface area contributed by atoms with E-state index in [0.29, 0.717) is 30.9 Å². The Bertz CT molecular complexity index is 1360. The van der Waals surface area contributed by atoms with Crippen LogP contribution in [-0.2, 0) is 9.47 Å². The average molecular weight is 627 g/mol. The highest BCUT2D eigenvalue weighted by Crippen LogP contribution is 2.33. The van der Waals surface area contributed by atoms with Crippen molar-refractivity contribution in [2.45, 2.75) is 90.8 Å². The van der Waals surface area contributed by atoms with E-state index in [-0.39, 0.29) is 34.6 Å². The third-order valence-corrected chi connectivity index (χ3v) is 8.26. The minimum Gasteiger partial charge on any atom is -0.490 e. The lowest BCUT2D eigenvalue weighted by Gasteiger charge is -2.28. The molecule has 0 aromatic heterocycles. The highest BCUT2D eigenvalue weighted by atomic mass is 19.2. The van der Waals surface area contributed by atoms with Crippen molar-refractivity contribution < 1.29 is 31.8 Å². The maximum Gasteiger partial charge on any atom is 0.201 e. The average Bonchev–Trinajstić information content (AvgIpc) is 3.06. The van der Waals surface area contributed by atoms with E-state index >= 15 is 8.78 Å². The predicted molar refractivity (Wildman–Crippen MR) is 173 cm³/mol. The van der Waals surface area contributed by atoms with E-state index in [9.17, 15) is 8.78 Å². The number of rotatable bonds is 17. The SMILES string of the molecule is CCCCCCCCCOc1ccc(-c2ccc(-c3ccc(/C=C/C4COC(CCCCC)OC4)c(F)c3F)cc2)c(F)c1F. The first-order valence-electron chi connectivity index (χ1n) is 16.5.